The molecule has 0 radical (unpaired) electrons. The third-order valence-electron chi connectivity index (χ3n) is 1.02. The zero-order chi connectivity index (χ0) is 6.15. The van der Waals surface area contributed by atoms with Crippen molar-refractivity contribution in [1.29, 1.82) is 0 Å². The summed E-state index contributed by atoms with van der Waals surface area (Å²) in [6.07, 6.45) is 0.126. The Hall–Kier alpha value is 0.0700. The molecule has 0 aromatic carbocycles. The SMILES string of the molecule is CC1CN(C)S(=O)O1. The Labute approximate surface area is 51.4 Å². The summed E-state index contributed by atoms with van der Waals surface area (Å²) in [6, 6.07) is 0. The van der Waals surface area contributed by atoms with Crippen LogP contribution in [0.3, 0.4) is 0 Å². The first-order chi connectivity index (χ1) is 3.70. The Balaban J connectivity index is 2.51. The van der Waals surface area contributed by atoms with Gasteiger partial charge in [-0.3, -0.25) is 4.18 Å². The van der Waals surface area contributed by atoms with Crippen LogP contribution in [-0.2, 0) is 15.4 Å². The molecule has 0 amide bonds. The van der Waals surface area contributed by atoms with E-state index in [4.69, 9.17) is 4.18 Å². The van der Waals surface area contributed by atoms with Gasteiger partial charge in [0.2, 0.25) is 11.3 Å². The average molecular weight is 135 g/mol. The van der Waals surface area contributed by atoms with Crippen molar-refractivity contribution in [3.63, 3.8) is 0 Å². The van der Waals surface area contributed by atoms with Crippen LogP contribution in [0.15, 0.2) is 0 Å². The Morgan fingerprint density at radius 2 is 2.50 bits per heavy atom. The van der Waals surface area contributed by atoms with Gasteiger partial charge in [0.1, 0.15) is 0 Å². The van der Waals surface area contributed by atoms with Gasteiger partial charge < -0.3 is 0 Å². The lowest BCUT2D eigenvalue weighted by atomic mass is 10.4. The van der Waals surface area contributed by atoms with E-state index in [9.17, 15) is 4.21 Å². The molecule has 0 aromatic heterocycles. The summed E-state index contributed by atoms with van der Waals surface area (Å²) in [4.78, 5) is 0. The van der Waals surface area contributed by atoms with E-state index in [1.807, 2.05) is 6.92 Å². The van der Waals surface area contributed by atoms with Gasteiger partial charge in [-0.05, 0) is 6.92 Å². The topological polar surface area (TPSA) is 29.5 Å². The molecule has 0 aromatic rings. The van der Waals surface area contributed by atoms with Crippen LogP contribution in [0.4, 0.5) is 0 Å². The van der Waals surface area contributed by atoms with Gasteiger partial charge in [-0.2, -0.15) is 0 Å². The van der Waals surface area contributed by atoms with Crippen molar-refractivity contribution in [1.82, 2.24) is 4.31 Å². The van der Waals surface area contributed by atoms with E-state index >= 15 is 0 Å². The largest absolute Gasteiger partial charge is 0.274 e. The molecule has 0 saturated carbocycles. The molecular weight excluding hydrogens is 126 g/mol. The van der Waals surface area contributed by atoms with E-state index < -0.39 is 11.3 Å². The third-order valence-corrected chi connectivity index (χ3v) is 2.17. The van der Waals surface area contributed by atoms with Crippen molar-refractivity contribution in [2.75, 3.05) is 13.6 Å². The first-order valence-electron chi connectivity index (χ1n) is 2.50. The van der Waals surface area contributed by atoms with Gasteiger partial charge >= 0.3 is 0 Å². The van der Waals surface area contributed by atoms with Crippen LogP contribution in [0.25, 0.3) is 0 Å². The summed E-state index contributed by atoms with van der Waals surface area (Å²) in [6.45, 7) is 2.67. The maximum Gasteiger partial charge on any atom is 0.237 e. The smallest absolute Gasteiger partial charge is 0.237 e. The molecule has 2 atom stereocenters. The standard InChI is InChI=1S/C4H9NO2S/c1-4-3-5(2)8(6)7-4/h4H,3H2,1-2H3. The normalized spacial score (nSPS) is 40.8. The number of likely N-dealkylation sites (N-methyl/N-ethyl adjacent to an activating group) is 1. The number of nitrogens with zero attached hydrogens (tertiary/aromatic N) is 1. The van der Waals surface area contributed by atoms with Crippen LogP contribution in [0.2, 0.25) is 0 Å². The maximum atomic E-state index is 10.6. The number of hydrogen-bond donors (Lipinski definition) is 0. The molecule has 8 heavy (non-hydrogen) atoms. The highest BCUT2D eigenvalue weighted by molar-refractivity contribution is 7.77. The summed E-state index contributed by atoms with van der Waals surface area (Å²) in [5.74, 6) is 0. The zero-order valence-electron chi connectivity index (χ0n) is 4.96. The summed E-state index contributed by atoms with van der Waals surface area (Å²) in [5.41, 5.74) is 0. The molecule has 4 heteroatoms. The van der Waals surface area contributed by atoms with E-state index in [2.05, 4.69) is 0 Å². The van der Waals surface area contributed by atoms with Crippen LogP contribution in [-0.4, -0.2) is 28.2 Å². The molecule has 1 aliphatic rings. The van der Waals surface area contributed by atoms with Crippen molar-refractivity contribution < 1.29 is 8.39 Å². The first-order valence-corrected chi connectivity index (χ1v) is 3.53. The third kappa shape index (κ3) is 1.07. The first kappa shape index (κ1) is 6.19. The summed E-state index contributed by atoms with van der Waals surface area (Å²) in [7, 11) is 1.78. The Kier molecular flexibility index (Phi) is 1.65. The minimum atomic E-state index is -1.16. The van der Waals surface area contributed by atoms with Crippen LogP contribution in [0.5, 0.6) is 0 Å². The second-order valence-electron chi connectivity index (χ2n) is 1.93. The highest BCUT2D eigenvalue weighted by atomic mass is 32.2. The van der Waals surface area contributed by atoms with Crippen molar-refractivity contribution in [3.8, 4) is 0 Å². The Bertz CT molecular complexity index is 117. The highest BCUT2D eigenvalue weighted by Gasteiger charge is 2.22. The minimum Gasteiger partial charge on any atom is -0.274 e. The fourth-order valence-corrected chi connectivity index (χ4v) is 1.49. The van der Waals surface area contributed by atoms with Gasteiger partial charge in [0.05, 0.1) is 6.10 Å². The van der Waals surface area contributed by atoms with Crippen molar-refractivity contribution in [2.45, 2.75) is 13.0 Å². The highest BCUT2D eigenvalue weighted by Crippen LogP contribution is 2.09. The molecule has 1 aliphatic heterocycles. The van der Waals surface area contributed by atoms with E-state index in [0.29, 0.717) is 0 Å². The molecule has 1 fully saturated rings. The van der Waals surface area contributed by atoms with E-state index in [0.717, 1.165) is 6.54 Å². The fraction of sp³-hybridized carbons (Fsp3) is 1.00. The molecule has 1 rings (SSSR count). The van der Waals surface area contributed by atoms with Gasteiger partial charge in [0.25, 0.3) is 0 Å². The number of hydrogen-bond acceptors (Lipinski definition) is 2. The summed E-state index contributed by atoms with van der Waals surface area (Å²) >= 11 is -1.16. The molecule has 1 saturated heterocycles. The van der Waals surface area contributed by atoms with Crippen LogP contribution in [0, 0.1) is 0 Å². The van der Waals surface area contributed by atoms with E-state index in [1.165, 1.54) is 0 Å². The predicted molar refractivity (Wildman–Crippen MR) is 31.3 cm³/mol. The van der Waals surface area contributed by atoms with Gasteiger partial charge in [0.15, 0.2) is 0 Å². The second-order valence-corrected chi connectivity index (χ2v) is 3.18. The Morgan fingerprint density at radius 1 is 1.88 bits per heavy atom. The molecular formula is C4H9NO2S. The molecule has 1 heterocycles. The second kappa shape index (κ2) is 2.13. The fourth-order valence-electron chi connectivity index (χ4n) is 0.667. The lowest BCUT2D eigenvalue weighted by molar-refractivity contribution is 0.280. The van der Waals surface area contributed by atoms with Gasteiger partial charge in [-0.25, -0.2) is 8.51 Å². The molecule has 0 spiro atoms. The lowest BCUT2D eigenvalue weighted by Crippen LogP contribution is -2.15. The lowest BCUT2D eigenvalue weighted by Gasteiger charge is -1.97. The minimum absolute atomic E-state index is 0.126. The van der Waals surface area contributed by atoms with Crippen molar-refractivity contribution in [2.24, 2.45) is 0 Å². The van der Waals surface area contributed by atoms with E-state index in [1.54, 1.807) is 11.4 Å². The van der Waals surface area contributed by atoms with Gasteiger partial charge in [-0.1, -0.05) is 0 Å². The van der Waals surface area contributed by atoms with Crippen LogP contribution < -0.4 is 0 Å². The quantitative estimate of drug-likeness (QED) is 0.465. The summed E-state index contributed by atoms with van der Waals surface area (Å²) < 4.78 is 17.1. The van der Waals surface area contributed by atoms with Gasteiger partial charge in [0, 0.05) is 13.6 Å². The Morgan fingerprint density at radius 3 is 2.62 bits per heavy atom. The molecule has 3 nitrogen and oxygen atoms in total. The van der Waals surface area contributed by atoms with Gasteiger partial charge in [-0.15, -0.1) is 0 Å². The van der Waals surface area contributed by atoms with E-state index in [-0.39, 0.29) is 6.10 Å². The van der Waals surface area contributed by atoms with Crippen LogP contribution in [0.1, 0.15) is 6.92 Å². The molecule has 0 aliphatic carbocycles. The zero-order valence-corrected chi connectivity index (χ0v) is 5.77. The summed E-state index contributed by atoms with van der Waals surface area (Å²) in [5, 5.41) is 0. The van der Waals surface area contributed by atoms with Crippen LogP contribution >= 0.6 is 0 Å². The molecule has 0 bridgehead atoms. The van der Waals surface area contributed by atoms with Crippen molar-refractivity contribution >= 4 is 11.3 Å². The molecule has 48 valence electrons. The van der Waals surface area contributed by atoms with Crippen molar-refractivity contribution in [3.05, 3.63) is 0 Å². The molecule has 2 unspecified atom stereocenters. The number of rotatable bonds is 0. The predicted octanol–water partition coefficient (Wildman–Crippen LogP) is -0.0844. The monoisotopic (exact) mass is 135 g/mol. The average Bonchev–Trinajstić information content (AvgIpc) is 1.85. The molecule has 0 N–H and O–H groups in total. The maximum absolute atomic E-state index is 10.6.